The van der Waals surface area contributed by atoms with Crippen molar-refractivity contribution in [3.63, 3.8) is 0 Å². The maximum Gasteiger partial charge on any atom is 0.150 e. The Labute approximate surface area is 147 Å². The Morgan fingerprint density at radius 3 is 2.76 bits per heavy atom. The van der Waals surface area contributed by atoms with Gasteiger partial charge in [-0.1, -0.05) is 0 Å². The summed E-state index contributed by atoms with van der Waals surface area (Å²) in [5, 5.41) is 3.18. The average molecular weight is 340 g/mol. The van der Waals surface area contributed by atoms with Crippen LogP contribution in [0.1, 0.15) is 25.0 Å². The fraction of sp³-hybridized carbons (Fsp3) is 0.556. The molecule has 2 aromatic heterocycles. The van der Waals surface area contributed by atoms with Crippen LogP contribution in [0.2, 0.25) is 0 Å². The van der Waals surface area contributed by atoms with Crippen LogP contribution in [-0.4, -0.2) is 57.2 Å². The molecule has 2 saturated heterocycles. The highest BCUT2D eigenvalue weighted by molar-refractivity contribution is 5.49. The van der Waals surface area contributed by atoms with Gasteiger partial charge in [0.1, 0.15) is 18.0 Å². The number of piperidine rings is 1. The van der Waals surface area contributed by atoms with Crippen molar-refractivity contribution in [1.29, 1.82) is 0 Å². The van der Waals surface area contributed by atoms with E-state index >= 15 is 0 Å². The molecule has 0 bridgehead atoms. The quantitative estimate of drug-likeness (QED) is 0.892. The van der Waals surface area contributed by atoms with E-state index in [2.05, 4.69) is 30.2 Å². The maximum absolute atomic E-state index is 5.52. The number of nitrogens with zero attached hydrogens (tertiary/aromatic N) is 5. The van der Waals surface area contributed by atoms with Gasteiger partial charge < -0.3 is 10.1 Å². The van der Waals surface area contributed by atoms with E-state index in [1.807, 2.05) is 6.07 Å². The molecule has 1 atom stereocenters. The van der Waals surface area contributed by atoms with Gasteiger partial charge in [-0.25, -0.2) is 15.0 Å². The van der Waals surface area contributed by atoms with E-state index in [4.69, 9.17) is 4.74 Å². The zero-order valence-electron chi connectivity index (χ0n) is 14.3. The smallest absolute Gasteiger partial charge is 0.150 e. The van der Waals surface area contributed by atoms with Crippen LogP contribution >= 0.6 is 0 Å². The molecule has 0 aromatic carbocycles. The number of hydrogen-bond acceptors (Lipinski definition) is 7. The minimum absolute atomic E-state index is 0.641. The molecule has 0 amide bonds. The lowest BCUT2D eigenvalue weighted by molar-refractivity contribution is 0.110. The van der Waals surface area contributed by atoms with Crippen LogP contribution in [0.4, 0.5) is 11.6 Å². The van der Waals surface area contributed by atoms with E-state index in [0.29, 0.717) is 17.8 Å². The minimum Gasteiger partial charge on any atom is -0.380 e. The monoisotopic (exact) mass is 340 g/mol. The van der Waals surface area contributed by atoms with Crippen LogP contribution in [0, 0.1) is 5.92 Å². The Balaban J connectivity index is 1.31. The van der Waals surface area contributed by atoms with Crippen LogP contribution in [0.15, 0.2) is 31.0 Å². The second-order valence-electron chi connectivity index (χ2n) is 6.81. The molecule has 0 aliphatic carbocycles. The number of aromatic nitrogens is 4. The Bertz CT molecular complexity index is 668. The molecule has 4 rings (SSSR count). The van der Waals surface area contributed by atoms with E-state index in [1.165, 1.54) is 32.4 Å². The topological polar surface area (TPSA) is 76.1 Å². The van der Waals surface area contributed by atoms with Crippen molar-refractivity contribution in [3.8, 4) is 0 Å². The molecule has 2 aromatic rings. The van der Waals surface area contributed by atoms with Gasteiger partial charge in [0.05, 0.1) is 12.8 Å². The number of rotatable bonds is 5. The van der Waals surface area contributed by atoms with Crippen molar-refractivity contribution in [3.05, 3.63) is 36.7 Å². The van der Waals surface area contributed by atoms with Crippen molar-refractivity contribution in [2.24, 2.45) is 5.92 Å². The summed E-state index contributed by atoms with van der Waals surface area (Å²) in [6.45, 7) is 4.18. The molecule has 0 saturated carbocycles. The molecule has 132 valence electrons. The molecule has 2 fully saturated rings. The van der Waals surface area contributed by atoms with Crippen molar-refractivity contribution in [1.82, 2.24) is 24.8 Å². The zero-order chi connectivity index (χ0) is 16.9. The summed E-state index contributed by atoms with van der Waals surface area (Å²) in [5.74, 6) is 2.16. The Kier molecular flexibility index (Phi) is 5.13. The minimum atomic E-state index is 0.641. The predicted molar refractivity (Wildman–Crippen MR) is 94.6 cm³/mol. The molecule has 7 nitrogen and oxygen atoms in total. The lowest BCUT2D eigenvalue weighted by atomic mass is 9.91. The summed E-state index contributed by atoms with van der Waals surface area (Å²) >= 11 is 0. The molecule has 25 heavy (non-hydrogen) atoms. The Morgan fingerprint density at radius 1 is 1.08 bits per heavy atom. The lowest BCUT2D eigenvalue weighted by Crippen LogP contribution is -2.42. The molecule has 7 heteroatoms. The van der Waals surface area contributed by atoms with Gasteiger partial charge in [0, 0.05) is 36.8 Å². The van der Waals surface area contributed by atoms with Crippen molar-refractivity contribution in [2.75, 3.05) is 31.6 Å². The molecular weight excluding hydrogens is 316 g/mol. The highest BCUT2D eigenvalue weighted by atomic mass is 16.5. The fourth-order valence-electron chi connectivity index (χ4n) is 3.70. The number of anilines is 2. The van der Waals surface area contributed by atoms with E-state index in [1.54, 1.807) is 24.9 Å². The van der Waals surface area contributed by atoms with Gasteiger partial charge >= 0.3 is 0 Å². The summed E-state index contributed by atoms with van der Waals surface area (Å²) in [6, 6.07) is 2.66. The van der Waals surface area contributed by atoms with Gasteiger partial charge in [0.25, 0.3) is 0 Å². The average Bonchev–Trinajstić information content (AvgIpc) is 3.18. The maximum atomic E-state index is 5.52. The standard InChI is InChI=1S/C18H24N6O/c1-6-24(16-3-8-25-12-16)7-2-14(1)9-15-10-17(22-13-21-15)23-18-11-19-4-5-20-18/h4-5,10-11,13-14,16H,1-3,6-9,12H2,(H,20,21,22,23)/t16-/m0/s1. The van der Waals surface area contributed by atoms with Crippen molar-refractivity contribution < 1.29 is 4.74 Å². The first-order valence-electron chi connectivity index (χ1n) is 9.02. The Morgan fingerprint density at radius 2 is 2.00 bits per heavy atom. The molecule has 0 spiro atoms. The first-order chi connectivity index (χ1) is 12.4. The molecule has 0 radical (unpaired) electrons. The second-order valence-corrected chi connectivity index (χ2v) is 6.81. The van der Waals surface area contributed by atoms with E-state index < -0.39 is 0 Å². The Hall–Kier alpha value is -2.12. The molecule has 2 aliphatic rings. The number of nitrogens with one attached hydrogen (secondary N) is 1. The van der Waals surface area contributed by atoms with Crippen LogP contribution < -0.4 is 5.32 Å². The highest BCUT2D eigenvalue weighted by Crippen LogP contribution is 2.25. The normalized spacial score (nSPS) is 22.2. The third-order valence-electron chi connectivity index (χ3n) is 5.11. The third-order valence-corrected chi connectivity index (χ3v) is 5.11. The van der Waals surface area contributed by atoms with Crippen molar-refractivity contribution >= 4 is 11.6 Å². The lowest BCUT2D eigenvalue weighted by Gasteiger charge is -2.35. The SMILES string of the molecule is c1cnc(Nc2cc(CC3CCN([C@H]4CCOC4)CC3)ncn2)cn1. The first-order valence-corrected chi connectivity index (χ1v) is 9.02. The number of ether oxygens (including phenoxy) is 1. The predicted octanol–water partition coefficient (Wildman–Crippen LogP) is 2.05. The van der Waals surface area contributed by atoms with Crippen LogP contribution in [0.25, 0.3) is 0 Å². The zero-order valence-corrected chi connectivity index (χ0v) is 14.3. The van der Waals surface area contributed by atoms with Crippen LogP contribution in [0.3, 0.4) is 0 Å². The summed E-state index contributed by atoms with van der Waals surface area (Å²) in [4.78, 5) is 19.6. The summed E-state index contributed by atoms with van der Waals surface area (Å²) in [7, 11) is 0. The summed E-state index contributed by atoms with van der Waals surface area (Å²) in [5.41, 5.74) is 1.09. The second kappa shape index (κ2) is 7.84. The van der Waals surface area contributed by atoms with Crippen LogP contribution in [-0.2, 0) is 11.2 Å². The third kappa shape index (κ3) is 4.29. The summed E-state index contributed by atoms with van der Waals surface area (Å²) in [6.07, 6.45) is 11.3. The van der Waals surface area contributed by atoms with Crippen LogP contribution in [0.5, 0.6) is 0 Å². The highest BCUT2D eigenvalue weighted by Gasteiger charge is 2.27. The first kappa shape index (κ1) is 16.4. The van der Waals surface area contributed by atoms with Gasteiger partial charge in [0.15, 0.2) is 0 Å². The molecule has 0 unspecified atom stereocenters. The van der Waals surface area contributed by atoms with Gasteiger partial charge in [0.2, 0.25) is 0 Å². The molecule has 4 heterocycles. The molecular formula is C18H24N6O. The van der Waals surface area contributed by atoms with Gasteiger partial charge in [-0.15, -0.1) is 0 Å². The fourth-order valence-corrected chi connectivity index (χ4v) is 3.70. The molecule has 2 aliphatic heterocycles. The van der Waals surface area contributed by atoms with Crippen molar-refractivity contribution in [2.45, 2.75) is 31.7 Å². The number of hydrogen-bond donors (Lipinski definition) is 1. The van der Waals surface area contributed by atoms with E-state index in [-0.39, 0.29) is 0 Å². The van der Waals surface area contributed by atoms with Gasteiger partial charge in [-0.2, -0.15) is 0 Å². The van der Waals surface area contributed by atoms with Gasteiger partial charge in [-0.05, 0) is 44.7 Å². The largest absolute Gasteiger partial charge is 0.380 e. The number of likely N-dealkylation sites (tertiary alicyclic amines) is 1. The summed E-state index contributed by atoms with van der Waals surface area (Å²) < 4.78 is 5.52. The van der Waals surface area contributed by atoms with E-state index in [0.717, 1.165) is 31.1 Å². The molecule has 1 N–H and O–H groups in total. The van der Waals surface area contributed by atoms with E-state index in [9.17, 15) is 0 Å². The van der Waals surface area contributed by atoms with Gasteiger partial charge in [-0.3, -0.25) is 9.88 Å².